The Balaban J connectivity index is 2.97. The van der Waals surface area contributed by atoms with E-state index >= 15 is 0 Å². The van der Waals surface area contributed by atoms with Crippen molar-refractivity contribution in [2.45, 2.75) is 39.8 Å². The third kappa shape index (κ3) is 3.46. The largest absolute Gasteiger partial charge is 0.386 e. The predicted molar refractivity (Wildman–Crippen MR) is 74.8 cm³/mol. The summed E-state index contributed by atoms with van der Waals surface area (Å²) in [4.78, 5) is 2.08. The monoisotopic (exact) mass is 273 g/mol. The van der Waals surface area contributed by atoms with Gasteiger partial charge in [-0.2, -0.15) is 5.10 Å². The first-order chi connectivity index (χ1) is 8.29. The molecule has 0 aliphatic rings. The number of nitrogens with zero attached hydrogens (tertiary/aromatic N) is 3. The molecule has 0 aliphatic heterocycles. The minimum absolute atomic E-state index is 0.209. The number of hydrogen-bond acceptors (Lipinski definition) is 3. The number of aliphatic hydroxyl groups excluding tert-OH is 1. The van der Waals surface area contributed by atoms with Gasteiger partial charge in [-0.05, 0) is 25.9 Å². The molecule has 1 aromatic heterocycles. The molecule has 0 radical (unpaired) electrons. The normalized spacial score (nSPS) is 14.2. The van der Waals surface area contributed by atoms with Crippen molar-refractivity contribution >= 4 is 11.6 Å². The quantitative estimate of drug-likeness (QED) is 0.866. The molecule has 4 nitrogen and oxygen atoms in total. The van der Waals surface area contributed by atoms with Gasteiger partial charge in [-0.3, -0.25) is 4.68 Å². The van der Waals surface area contributed by atoms with Crippen LogP contribution in [0.25, 0.3) is 0 Å². The Morgan fingerprint density at radius 3 is 2.61 bits per heavy atom. The number of rotatable bonds is 6. The number of likely N-dealkylation sites (N-methyl/N-ethyl adjacent to an activating group) is 1. The van der Waals surface area contributed by atoms with Gasteiger partial charge in [0.25, 0.3) is 0 Å². The number of halogens is 1. The van der Waals surface area contributed by atoms with Crippen LogP contribution in [0.5, 0.6) is 0 Å². The van der Waals surface area contributed by atoms with E-state index in [2.05, 4.69) is 16.9 Å². The van der Waals surface area contributed by atoms with Crippen LogP contribution < -0.4 is 0 Å². The molecule has 5 heteroatoms. The lowest BCUT2D eigenvalue weighted by molar-refractivity contribution is 0.0388. The van der Waals surface area contributed by atoms with Gasteiger partial charge in [0.1, 0.15) is 6.10 Å². The molecule has 1 atom stereocenters. The van der Waals surface area contributed by atoms with Crippen LogP contribution in [-0.2, 0) is 6.54 Å². The summed E-state index contributed by atoms with van der Waals surface area (Å²) >= 11 is 6.16. The molecule has 18 heavy (non-hydrogen) atoms. The molecule has 0 saturated heterocycles. The lowest BCUT2D eigenvalue weighted by Gasteiger charge is -2.30. The Bertz CT molecular complexity index is 388. The van der Waals surface area contributed by atoms with Crippen LogP contribution in [0.1, 0.15) is 39.0 Å². The molecule has 1 heterocycles. The van der Waals surface area contributed by atoms with Crippen LogP contribution in [0.4, 0.5) is 0 Å². The molecule has 0 spiro atoms. The van der Waals surface area contributed by atoms with E-state index in [1.54, 1.807) is 6.20 Å². The van der Waals surface area contributed by atoms with E-state index < -0.39 is 6.10 Å². The van der Waals surface area contributed by atoms with Crippen molar-refractivity contribution in [3.05, 3.63) is 16.9 Å². The van der Waals surface area contributed by atoms with Gasteiger partial charge >= 0.3 is 0 Å². The van der Waals surface area contributed by atoms with Crippen LogP contribution in [0.2, 0.25) is 5.02 Å². The molecule has 1 unspecified atom stereocenters. The maximum atomic E-state index is 10.5. The first-order valence-corrected chi connectivity index (χ1v) is 6.71. The highest BCUT2D eigenvalue weighted by atomic mass is 35.5. The third-order valence-corrected chi connectivity index (χ3v) is 3.79. The highest BCUT2D eigenvalue weighted by Crippen LogP contribution is 2.38. The van der Waals surface area contributed by atoms with E-state index in [1.807, 2.05) is 32.6 Å². The minimum atomic E-state index is -0.598. The fraction of sp³-hybridized carbons (Fsp3) is 0.769. The van der Waals surface area contributed by atoms with Crippen molar-refractivity contribution in [3.63, 3.8) is 0 Å². The molecule has 0 saturated carbocycles. The minimum Gasteiger partial charge on any atom is -0.386 e. The van der Waals surface area contributed by atoms with Crippen molar-refractivity contribution < 1.29 is 5.11 Å². The number of aliphatic hydroxyl groups is 1. The second-order valence-corrected chi connectivity index (χ2v) is 6.06. The Hall–Kier alpha value is -0.580. The summed E-state index contributed by atoms with van der Waals surface area (Å²) in [6.45, 7) is 7.74. The van der Waals surface area contributed by atoms with E-state index in [-0.39, 0.29) is 5.41 Å². The zero-order chi connectivity index (χ0) is 13.9. The number of aromatic nitrogens is 2. The zero-order valence-electron chi connectivity index (χ0n) is 11.9. The van der Waals surface area contributed by atoms with Gasteiger partial charge < -0.3 is 10.0 Å². The predicted octanol–water partition coefficient (Wildman–Crippen LogP) is 2.57. The van der Waals surface area contributed by atoms with Crippen LogP contribution >= 0.6 is 11.6 Å². The molecule has 0 bridgehead atoms. The topological polar surface area (TPSA) is 41.3 Å². The van der Waals surface area contributed by atoms with Gasteiger partial charge in [-0.15, -0.1) is 0 Å². The molecular formula is C13H24ClN3O. The van der Waals surface area contributed by atoms with E-state index in [1.165, 1.54) is 0 Å². The molecule has 1 aromatic rings. The summed E-state index contributed by atoms with van der Waals surface area (Å²) in [5, 5.41) is 15.3. The third-order valence-electron chi connectivity index (χ3n) is 3.50. The van der Waals surface area contributed by atoms with Crippen molar-refractivity contribution in [1.82, 2.24) is 14.7 Å². The van der Waals surface area contributed by atoms with Crippen LogP contribution in [-0.4, -0.2) is 40.4 Å². The summed E-state index contributed by atoms with van der Waals surface area (Å²) in [6, 6.07) is 0. The molecule has 0 aliphatic carbocycles. The Kier molecular flexibility index (Phi) is 5.20. The second-order valence-electron chi connectivity index (χ2n) is 5.65. The zero-order valence-corrected chi connectivity index (χ0v) is 12.7. The summed E-state index contributed by atoms with van der Waals surface area (Å²) < 4.78 is 1.81. The second kappa shape index (κ2) is 6.04. The standard InChI is InChI=1S/C13H24ClN3O/c1-6-13(2,3)12(18)11-10(14)9-15-17(11)8-7-16(4)5/h9,12,18H,6-8H2,1-5H3. The molecular weight excluding hydrogens is 250 g/mol. The fourth-order valence-corrected chi connectivity index (χ4v) is 1.92. The van der Waals surface area contributed by atoms with Gasteiger partial charge in [0.2, 0.25) is 0 Å². The summed E-state index contributed by atoms with van der Waals surface area (Å²) in [7, 11) is 4.02. The van der Waals surface area contributed by atoms with Gasteiger partial charge in [-0.1, -0.05) is 32.4 Å². The summed E-state index contributed by atoms with van der Waals surface area (Å²) in [5.41, 5.74) is 0.518. The molecule has 0 fully saturated rings. The molecule has 104 valence electrons. The Morgan fingerprint density at radius 2 is 2.11 bits per heavy atom. The SMILES string of the molecule is CCC(C)(C)C(O)c1c(Cl)cnn1CCN(C)C. The average molecular weight is 274 g/mol. The summed E-state index contributed by atoms with van der Waals surface area (Å²) in [5.74, 6) is 0. The van der Waals surface area contributed by atoms with Crippen LogP contribution in [0.15, 0.2) is 6.20 Å². The van der Waals surface area contributed by atoms with Gasteiger partial charge in [0.05, 0.1) is 23.5 Å². The van der Waals surface area contributed by atoms with Crippen molar-refractivity contribution in [3.8, 4) is 0 Å². The Morgan fingerprint density at radius 1 is 1.50 bits per heavy atom. The molecule has 0 amide bonds. The lowest BCUT2D eigenvalue weighted by atomic mass is 9.82. The van der Waals surface area contributed by atoms with Gasteiger partial charge in [0, 0.05) is 6.54 Å². The smallest absolute Gasteiger partial charge is 0.102 e. The first-order valence-electron chi connectivity index (χ1n) is 6.33. The number of hydrogen-bond donors (Lipinski definition) is 1. The molecule has 1 rings (SSSR count). The fourth-order valence-electron chi connectivity index (χ4n) is 1.68. The first kappa shape index (κ1) is 15.5. The van der Waals surface area contributed by atoms with Crippen molar-refractivity contribution in [2.24, 2.45) is 5.41 Å². The van der Waals surface area contributed by atoms with E-state index in [4.69, 9.17) is 11.6 Å². The van der Waals surface area contributed by atoms with Gasteiger partial charge in [-0.25, -0.2) is 0 Å². The van der Waals surface area contributed by atoms with Crippen LogP contribution in [0.3, 0.4) is 0 Å². The van der Waals surface area contributed by atoms with Crippen molar-refractivity contribution in [2.75, 3.05) is 20.6 Å². The maximum Gasteiger partial charge on any atom is 0.102 e. The van der Waals surface area contributed by atoms with Crippen molar-refractivity contribution in [1.29, 1.82) is 0 Å². The highest BCUT2D eigenvalue weighted by Gasteiger charge is 2.31. The lowest BCUT2D eigenvalue weighted by Crippen LogP contribution is -2.26. The Labute approximate surface area is 115 Å². The maximum absolute atomic E-state index is 10.5. The van der Waals surface area contributed by atoms with E-state index in [0.717, 1.165) is 25.2 Å². The average Bonchev–Trinajstić information content (AvgIpc) is 2.66. The van der Waals surface area contributed by atoms with E-state index in [0.29, 0.717) is 5.02 Å². The highest BCUT2D eigenvalue weighted by molar-refractivity contribution is 6.31. The van der Waals surface area contributed by atoms with Gasteiger partial charge in [0.15, 0.2) is 0 Å². The molecule has 0 aromatic carbocycles. The van der Waals surface area contributed by atoms with E-state index in [9.17, 15) is 5.11 Å². The van der Waals surface area contributed by atoms with Crippen LogP contribution in [0, 0.1) is 5.41 Å². The summed E-state index contributed by atoms with van der Waals surface area (Å²) in [6.07, 6.45) is 1.89. The molecule has 1 N–H and O–H groups in total.